The van der Waals surface area contributed by atoms with Gasteiger partial charge >= 0.3 is 5.97 Å². The van der Waals surface area contributed by atoms with Crippen LogP contribution in [-0.2, 0) is 0 Å². The Labute approximate surface area is 138 Å². The highest BCUT2D eigenvalue weighted by Gasteiger charge is 2.20. The standard InChI is InChI=1S/C17H17N5O2/c18-12-5-3-11(4-6-12)13-9-15-19-14(17(23)24)10-16(22(15)20-13)21-7-1-2-8-21/h3-6,9-10H,1-2,7-8,18H2,(H,23,24). The van der Waals surface area contributed by atoms with Gasteiger partial charge in [-0.05, 0) is 25.0 Å². The molecule has 122 valence electrons. The number of rotatable bonds is 3. The molecule has 4 rings (SSSR count). The summed E-state index contributed by atoms with van der Waals surface area (Å²) < 4.78 is 1.73. The minimum Gasteiger partial charge on any atom is -0.477 e. The van der Waals surface area contributed by atoms with Crippen LogP contribution in [-0.4, -0.2) is 38.8 Å². The lowest BCUT2D eigenvalue weighted by atomic mass is 10.1. The fourth-order valence-electron chi connectivity index (χ4n) is 3.03. The first-order valence-corrected chi connectivity index (χ1v) is 7.87. The molecule has 0 atom stereocenters. The van der Waals surface area contributed by atoms with Crippen molar-refractivity contribution in [2.45, 2.75) is 12.8 Å². The number of benzene rings is 1. The van der Waals surface area contributed by atoms with Crippen molar-refractivity contribution in [3.63, 3.8) is 0 Å². The third kappa shape index (κ3) is 2.44. The van der Waals surface area contributed by atoms with Gasteiger partial charge in [0.1, 0.15) is 5.82 Å². The monoisotopic (exact) mass is 323 g/mol. The third-order valence-electron chi connectivity index (χ3n) is 4.26. The molecule has 7 heteroatoms. The van der Waals surface area contributed by atoms with E-state index < -0.39 is 5.97 Å². The van der Waals surface area contributed by atoms with E-state index in [-0.39, 0.29) is 5.69 Å². The summed E-state index contributed by atoms with van der Waals surface area (Å²) in [4.78, 5) is 17.8. The van der Waals surface area contributed by atoms with Crippen LogP contribution in [0.3, 0.4) is 0 Å². The molecule has 0 aliphatic carbocycles. The number of aromatic carboxylic acids is 1. The van der Waals surface area contributed by atoms with Crippen molar-refractivity contribution in [2.24, 2.45) is 0 Å². The molecule has 24 heavy (non-hydrogen) atoms. The molecule has 1 aliphatic rings. The van der Waals surface area contributed by atoms with Gasteiger partial charge in [0.25, 0.3) is 0 Å². The van der Waals surface area contributed by atoms with Crippen LogP contribution in [0.15, 0.2) is 36.4 Å². The zero-order valence-corrected chi connectivity index (χ0v) is 13.0. The van der Waals surface area contributed by atoms with Crippen LogP contribution in [0.2, 0.25) is 0 Å². The average molecular weight is 323 g/mol. The fourth-order valence-corrected chi connectivity index (χ4v) is 3.03. The van der Waals surface area contributed by atoms with E-state index in [1.54, 1.807) is 16.6 Å². The SMILES string of the molecule is Nc1ccc(-c2cc3nc(C(=O)O)cc(N4CCCC4)n3n2)cc1. The number of nitrogens with two attached hydrogens (primary N) is 1. The Kier molecular flexibility index (Phi) is 3.34. The van der Waals surface area contributed by atoms with Gasteiger partial charge in [-0.1, -0.05) is 12.1 Å². The maximum Gasteiger partial charge on any atom is 0.354 e. The second kappa shape index (κ2) is 5.52. The summed E-state index contributed by atoms with van der Waals surface area (Å²) in [5, 5.41) is 14.0. The van der Waals surface area contributed by atoms with Crippen molar-refractivity contribution >= 4 is 23.1 Å². The van der Waals surface area contributed by atoms with Crippen LogP contribution in [0.25, 0.3) is 16.9 Å². The van der Waals surface area contributed by atoms with E-state index in [0.717, 1.165) is 43.0 Å². The van der Waals surface area contributed by atoms with Gasteiger partial charge in [0.2, 0.25) is 0 Å². The number of carbonyl (C=O) groups is 1. The van der Waals surface area contributed by atoms with Crippen LogP contribution in [0.5, 0.6) is 0 Å². The molecular formula is C17H17N5O2. The zero-order valence-electron chi connectivity index (χ0n) is 13.0. The van der Waals surface area contributed by atoms with E-state index in [2.05, 4.69) is 15.0 Å². The Morgan fingerprint density at radius 2 is 1.83 bits per heavy atom. The van der Waals surface area contributed by atoms with Crippen molar-refractivity contribution in [2.75, 3.05) is 23.7 Å². The van der Waals surface area contributed by atoms with Gasteiger partial charge in [-0.3, -0.25) is 0 Å². The second-order valence-corrected chi connectivity index (χ2v) is 5.92. The van der Waals surface area contributed by atoms with E-state index in [1.807, 2.05) is 24.3 Å². The Morgan fingerprint density at radius 3 is 2.50 bits per heavy atom. The smallest absolute Gasteiger partial charge is 0.354 e. The van der Waals surface area contributed by atoms with Gasteiger partial charge < -0.3 is 15.7 Å². The minimum atomic E-state index is -1.03. The number of carboxylic acids is 1. The summed E-state index contributed by atoms with van der Waals surface area (Å²) in [7, 11) is 0. The largest absolute Gasteiger partial charge is 0.477 e. The molecule has 7 nitrogen and oxygen atoms in total. The van der Waals surface area contributed by atoms with Crippen LogP contribution in [0, 0.1) is 0 Å². The molecule has 0 bridgehead atoms. The number of hydrogen-bond donors (Lipinski definition) is 2. The molecule has 1 aromatic carbocycles. The molecule has 0 radical (unpaired) electrons. The summed E-state index contributed by atoms with van der Waals surface area (Å²) in [6, 6.07) is 10.8. The first-order valence-electron chi connectivity index (χ1n) is 7.87. The van der Waals surface area contributed by atoms with Gasteiger partial charge in [0.15, 0.2) is 11.3 Å². The predicted octanol–water partition coefficient (Wildman–Crippen LogP) is 2.28. The highest BCUT2D eigenvalue weighted by molar-refractivity contribution is 5.87. The normalized spacial score (nSPS) is 14.4. The van der Waals surface area contributed by atoms with Gasteiger partial charge in [-0.2, -0.15) is 9.61 Å². The van der Waals surface area contributed by atoms with E-state index >= 15 is 0 Å². The molecular weight excluding hydrogens is 306 g/mol. The lowest BCUT2D eigenvalue weighted by molar-refractivity contribution is 0.0690. The zero-order chi connectivity index (χ0) is 16.7. The lowest BCUT2D eigenvalue weighted by Crippen LogP contribution is -2.22. The van der Waals surface area contributed by atoms with Crippen LogP contribution in [0.4, 0.5) is 11.5 Å². The Morgan fingerprint density at radius 1 is 1.12 bits per heavy atom. The topological polar surface area (TPSA) is 96.7 Å². The van der Waals surface area contributed by atoms with Crippen molar-refractivity contribution in [1.29, 1.82) is 0 Å². The Hall–Kier alpha value is -3.09. The molecule has 3 aromatic rings. The first-order chi connectivity index (χ1) is 11.6. The fraction of sp³-hybridized carbons (Fsp3) is 0.235. The number of nitrogens with zero attached hydrogens (tertiary/aromatic N) is 4. The van der Waals surface area contributed by atoms with Crippen molar-refractivity contribution in [3.05, 3.63) is 42.1 Å². The molecule has 1 saturated heterocycles. The van der Waals surface area contributed by atoms with Crippen LogP contribution < -0.4 is 10.6 Å². The summed E-state index contributed by atoms with van der Waals surface area (Å²) in [6.07, 6.45) is 2.19. The molecule has 0 spiro atoms. The van der Waals surface area contributed by atoms with E-state index in [0.29, 0.717) is 11.3 Å². The number of fused-ring (bicyclic) bond motifs is 1. The summed E-state index contributed by atoms with van der Waals surface area (Å²) >= 11 is 0. The number of anilines is 2. The van der Waals surface area contributed by atoms with Gasteiger partial charge in [0.05, 0.1) is 5.69 Å². The van der Waals surface area contributed by atoms with Crippen molar-refractivity contribution in [3.8, 4) is 11.3 Å². The van der Waals surface area contributed by atoms with Gasteiger partial charge in [0, 0.05) is 36.5 Å². The van der Waals surface area contributed by atoms with E-state index in [4.69, 9.17) is 5.73 Å². The van der Waals surface area contributed by atoms with Crippen LogP contribution >= 0.6 is 0 Å². The summed E-state index contributed by atoms with van der Waals surface area (Å²) in [6.45, 7) is 1.80. The molecule has 0 saturated carbocycles. The molecule has 0 amide bonds. The second-order valence-electron chi connectivity index (χ2n) is 5.92. The molecule has 1 aliphatic heterocycles. The number of nitrogen functional groups attached to an aromatic ring is 1. The number of carboxylic acid groups (broad SMARTS) is 1. The number of aromatic nitrogens is 3. The summed E-state index contributed by atoms with van der Waals surface area (Å²) in [5.41, 5.74) is 8.64. The van der Waals surface area contributed by atoms with Crippen molar-refractivity contribution in [1.82, 2.24) is 14.6 Å². The summed E-state index contributed by atoms with van der Waals surface area (Å²) in [5.74, 6) is -0.259. The van der Waals surface area contributed by atoms with E-state index in [1.165, 1.54) is 0 Å². The Balaban J connectivity index is 1.89. The molecule has 1 fully saturated rings. The molecule has 3 N–H and O–H groups in total. The highest BCUT2D eigenvalue weighted by atomic mass is 16.4. The average Bonchev–Trinajstić information content (AvgIpc) is 3.24. The van der Waals surface area contributed by atoms with Crippen molar-refractivity contribution < 1.29 is 9.90 Å². The molecule has 3 heterocycles. The third-order valence-corrected chi connectivity index (χ3v) is 4.26. The number of hydrogen-bond acceptors (Lipinski definition) is 5. The van der Waals surface area contributed by atoms with E-state index in [9.17, 15) is 9.90 Å². The quantitative estimate of drug-likeness (QED) is 0.718. The maximum atomic E-state index is 11.4. The van der Waals surface area contributed by atoms with Crippen LogP contribution in [0.1, 0.15) is 23.3 Å². The lowest BCUT2D eigenvalue weighted by Gasteiger charge is -2.18. The predicted molar refractivity (Wildman–Crippen MR) is 91.2 cm³/mol. The molecule has 0 unspecified atom stereocenters. The Bertz CT molecular complexity index is 911. The highest BCUT2D eigenvalue weighted by Crippen LogP contribution is 2.26. The maximum absolute atomic E-state index is 11.4. The minimum absolute atomic E-state index is 0.0353. The molecule has 2 aromatic heterocycles. The van der Waals surface area contributed by atoms with Gasteiger partial charge in [-0.15, -0.1) is 0 Å². The first kappa shape index (κ1) is 14.5. The van der Waals surface area contributed by atoms with Gasteiger partial charge in [-0.25, -0.2) is 9.78 Å².